The molecule has 1 saturated heterocycles. The van der Waals surface area contributed by atoms with Crippen LogP contribution in [0, 0.1) is 18.8 Å². The molecular weight excluding hydrogens is 454 g/mol. The fourth-order valence-electron chi connectivity index (χ4n) is 4.84. The number of hydrogen-bond acceptors (Lipinski definition) is 5. The molecule has 2 aliphatic rings. The first kappa shape index (κ1) is 23.8. The van der Waals surface area contributed by atoms with Gasteiger partial charge in [0.2, 0.25) is 5.91 Å². The lowest BCUT2D eigenvalue weighted by Crippen LogP contribution is -2.50. The van der Waals surface area contributed by atoms with Crippen LogP contribution in [0.2, 0.25) is 0 Å². The minimum atomic E-state index is -1.22. The van der Waals surface area contributed by atoms with Crippen molar-refractivity contribution in [1.82, 2.24) is 15.3 Å². The van der Waals surface area contributed by atoms with Gasteiger partial charge in [0, 0.05) is 5.75 Å². The van der Waals surface area contributed by atoms with Crippen LogP contribution in [0.5, 0.6) is 0 Å². The van der Waals surface area contributed by atoms with Crippen molar-refractivity contribution in [3.63, 3.8) is 0 Å². The van der Waals surface area contributed by atoms with Gasteiger partial charge in [-0.1, -0.05) is 48.5 Å². The number of aryl methyl sites for hydroxylation is 1. The van der Waals surface area contributed by atoms with Crippen LogP contribution in [-0.2, 0) is 33.6 Å². The Morgan fingerprint density at radius 3 is 2.29 bits per heavy atom. The van der Waals surface area contributed by atoms with Crippen molar-refractivity contribution >= 4 is 36.4 Å². The third kappa shape index (κ3) is 4.65. The van der Waals surface area contributed by atoms with Crippen LogP contribution in [0.25, 0.3) is 0 Å². The number of fused-ring (bicyclic) bond motifs is 1. The fraction of sp³-hybridized carbons (Fsp3) is 0.360. The van der Waals surface area contributed by atoms with E-state index in [1.165, 1.54) is 0 Å². The molecule has 34 heavy (non-hydrogen) atoms. The van der Waals surface area contributed by atoms with E-state index in [4.69, 9.17) is 0 Å². The number of thiol groups is 1. The molecule has 2 atom stereocenters. The van der Waals surface area contributed by atoms with Crippen molar-refractivity contribution < 1.29 is 24.3 Å². The molecule has 2 unspecified atom stereocenters. The lowest BCUT2D eigenvalue weighted by molar-refractivity contribution is -0.140. The predicted octanol–water partition coefficient (Wildman–Crippen LogP) is 2.25. The second kappa shape index (κ2) is 9.89. The predicted molar refractivity (Wildman–Crippen MR) is 128 cm³/mol. The van der Waals surface area contributed by atoms with Crippen LogP contribution in [0.1, 0.15) is 22.3 Å². The lowest BCUT2D eigenvalue weighted by atomic mass is 9.95. The summed E-state index contributed by atoms with van der Waals surface area (Å²) >= 11 is 4.30. The molecule has 0 saturated carbocycles. The summed E-state index contributed by atoms with van der Waals surface area (Å²) in [4.78, 5) is 52.0. The Bertz CT molecular complexity index is 1110. The average Bonchev–Trinajstić information content (AvgIpc) is 3.32. The SMILES string of the molecule is Cc1ccccc1CC(CS)C(=O)NN1C(=O)C(C2Cc3ccccc3C2)N(CC(=O)O)C1=O. The second-order valence-corrected chi connectivity index (χ2v) is 9.21. The Morgan fingerprint density at radius 2 is 1.71 bits per heavy atom. The van der Waals surface area contributed by atoms with Gasteiger partial charge in [-0.15, -0.1) is 0 Å². The van der Waals surface area contributed by atoms with Crippen molar-refractivity contribution in [2.45, 2.75) is 32.2 Å². The normalized spacial score (nSPS) is 18.8. The molecule has 1 aliphatic heterocycles. The van der Waals surface area contributed by atoms with E-state index in [2.05, 4.69) is 18.1 Å². The minimum Gasteiger partial charge on any atom is -0.480 e. The number of nitrogens with one attached hydrogen (secondary N) is 1. The Hall–Kier alpha value is -3.33. The molecule has 2 N–H and O–H groups in total. The van der Waals surface area contributed by atoms with E-state index >= 15 is 0 Å². The largest absolute Gasteiger partial charge is 0.480 e. The summed E-state index contributed by atoms with van der Waals surface area (Å²) in [6.07, 6.45) is 1.52. The van der Waals surface area contributed by atoms with Gasteiger partial charge < -0.3 is 5.11 Å². The van der Waals surface area contributed by atoms with E-state index in [0.29, 0.717) is 24.3 Å². The molecule has 178 valence electrons. The van der Waals surface area contributed by atoms with Crippen LogP contribution in [0.15, 0.2) is 48.5 Å². The van der Waals surface area contributed by atoms with Gasteiger partial charge in [0.05, 0.1) is 5.92 Å². The molecule has 1 fully saturated rings. The highest BCUT2D eigenvalue weighted by atomic mass is 32.1. The van der Waals surface area contributed by atoms with E-state index in [1.807, 2.05) is 55.5 Å². The van der Waals surface area contributed by atoms with Crippen molar-refractivity contribution in [2.75, 3.05) is 12.3 Å². The van der Waals surface area contributed by atoms with E-state index < -0.39 is 42.3 Å². The van der Waals surface area contributed by atoms with Gasteiger partial charge in [-0.05, 0) is 54.4 Å². The third-order valence-corrected chi connectivity index (χ3v) is 7.06. The number of carboxylic acids is 1. The molecule has 0 bridgehead atoms. The molecule has 4 rings (SSSR count). The third-order valence-electron chi connectivity index (χ3n) is 6.62. The highest BCUT2D eigenvalue weighted by Crippen LogP contribution is 2.34. The fourth-order valence-corrected chi connectivity index (χ4v) is 5.14. The minimum absolute atomic E-state index is 0.219. The average molecular weight is 482 g/mol. The van der Waals surface area contributed by atoms with Crippen LogP contribution < -0.4 is 5.43 Å². The topological polar surface area (TPSA) is 107 Å². The molecule has 0 aromatic heterocycles. The lowest BCUT2D eigenvalue weighted by Gasteiger charge is -2.24. The number of urea groups is 1. The number of amides is 4. The maximum absolute atomic E-state index is 13.3. The van der Waals surface area contributed by atoms with Gasteiger partial charge in [-0.2, -0.15) is 17.6 Å². The Morgan fingerprint density at radius 1 is 1.09 bits per heavy atom. The Kier molecular flexibility index (Phi) is 6.92. The molecular formula is C25H27N3O5S. The number of aliphatic carboxylic acids is 1. The van der Waals surface area contributed by atoms with Crippen LogP contribution >= 0.6 is 12.6 Å². The van der Waals surface area contributed by atoms with Gasteiger partial charge in [0.15, 0.2) is 0 Å². The van der Waals surface area contributed by atoms with Crippen molar-refractivity contribution in [1.29, 1.82) is 0 Å². The van der Waals surface area contributed by atoms with Crippen molar-refractivity contribution in [3.8, 4) is 0 Å². The quantitative estimate of drug-likeness (QED) is 0.396. The highest BCUT2D eigenvalue weighted by Gasteiger charge is 2.51. The van der Waals surface area contributed by atoms with Gasteiger partial charge in [-0.3, -0.25) is 24.7 Å². The van der Waals surface area contributed by atoms with Gasteiger partial charge >= 0.3 is 12.0 Å². The van der Waals surface area contributed by atoms with Crippen LogP contribution in [0.4, 0.5) is 4.79 Å². The summed E-state index contributed by atoms with van der Waals surface area (Å²) in [5.41, 5.74) is 6.63. The smallest absolute Gasteiger partial charge is 0.347 e. The first-order valence-electron chi connectivity index (χ1n) is 11.2. The van der Waals surface area contributed by atoms with Crippen LogP contribution in [0.3, 0.4) is 0 Å². The summed E-state index contributed by atoms with van der Waals surface area (Å²) in [6.45, 7) is 1.33. The second-order valence-electron chi connectivity index (χ2n) is 8.85. The molecule has 0 spiro atoms. The summed E-state index contributed by atoms with van der Waals surface area (Å²) < 4.78 is 0. The zero-order valence-electron chi connectivity index (χ0n) is 18.8. The molecule has 1 aliphatic carbocycles. The number of hydrogen-bond donors (Lipinski definition) is 3. The molecule has 8 nitrogen and oxygen atoms in total. The number of imide groups is 1. The standard InChI is InChI=1S/C25H27N3O5S/c1-15-6-2-3-7-16(15)10-20(14-34)23(31)26-28-24(32)22(27(25(28)33)13-21(29)30)19-11-17-8-4-5-9-18(17)12-19/h2-9,19-20,22,34H,10-14H2,1H3,(H,26,31)(H,29,30). The van der Waals surface area contributed by atoms with Gasteiger partial charge in [0.1, 0.15) is 12.6 Å². The highest BCUT2D eigenvalue weighted by molar-refractivity contribution is 7.80. The molecule has 9 heteroatoms. The van der Waals surface area contributed by atoms with E-state index in [9.17, 15) is 24.3 Å². The van der Waals surface area contributed by atoms with Crippen molar-refractivity contribution in [2.24, 2.45) is 11.8 Å². The summed E-state index contributed by atoms with van der Waals surface area (Å²) in [6, 6.07) is 13.7. The number of carbonyl (C=O) groups excluding carboxylic acids is 3. The molecule has 2 aromatic rings. The van der Waals surface area contributed by atoms with E-state index in [-0.39, 0.29) is 11.7 Å². The van der Waals surface area contributed by atoms with Gasteiger partial charge in [0.25, 0.3) is 5.91 Å². The first-order valence-corrected chi connectivity index (χ1v) is 11.8. The summed E-state index contributed by atoms with van der Waals surface area (Å²) in [7, 11) is 0. The maximum atomic E-state index is 13.3. The number of benzene rings is 2. The number of rotatable bonds is 8. The maximum Gasteiger partial charge on any atom is 0.347 e. The zero-order valence-corrected chi connectivity index (χ0v) is 19.7. The van der Waals surface area contributed by atoms with Crippen LogP contribution in [-0.4, -0.2) is 57.2 Å². The Labute approximate surface area is 203 Å². The monoisotopic (exact) mass is 481 g/mol. The van der Waals surface area contributed by atoms with E-state index in [1.54, 1.807) is 0 Å². The number of nitrogens with zero attached hydrogens (tertiary/aromatic N) is 2. The summed E-state index contributed by atoms with van der Waals surface area (Å²) in [5, 5.41) is 10.1. The molecule has 1 heterocycles. The van der Waals surface area contributed by atoms with Gasteiger partial charge in [-0.25, -0.2) is 4.79 Å². The molecule has 2 aromatic carbocycles. The molecule has 0 radical (unpaired) electrons. The van der Waals surface area contributed by atoms with Crippen molar-refractivity contribution in [3.05, 3.63) is 70.8 Å². The Balaban J connectivity index is 1.53. The molecule has 4 amide bonds. The number of carbonyl (C=O) groups is 4. The summed E-state index contributed by atoms with van der Waals surface area (Å²) in [5.74, 6) is -2.95. The first-order chi connectivity index (χ1) is 16.3. The number of hydrazine groups is 1. The van der Waals surface area contributed by atoms with E-state index in [0.717, 1.165) is 27.2 Å². The number of carboxylic acid groups (broad SMARTS) is 1. The zero-order chi connectivity index (χ0) is 24.4.